The first-order chi connectivity index (χ1) is 17.1. The Labute approximate surface area is 213 Å². The van der Waals surface area contributed by atoms with Gasteiger partial charge >= 0.3 is 0 Å². The number of unbranched alkanes of at least 4 members (excludes halogenated alkanes) is 1. The molecule has 3 atom stereocenters. The third-order valence-electron chi connectivity index (χ3n) is 7.38. The molecule has 0 bridgehead atoms. The Hall–Kier alpha value is -2.38. The van der Waals surface area contributed by atoms with E-state index in [9.17, 15) is 9.59 Å². The number of methoxy groups -OCH3 is 1. The molecule has 2 aromatic rings. The minimum Gasteiger partial charge on any atom is -0.496 e. The maximum atomic E-state index is 13.6. The van der Waals surface area contributed by atoms with Gasteiger partial charge in [-0.15, -0.1) is 11.3 Å². The van der Waals surface area contributed by atoms with Gasteiger partial charge in [0.25, 0.3) is 0 Å². The zero-order valence-corrected chi connectivity index (χ0v) is 21.9. The van der Waals surface area contributed by atoms with Crippen LogP contribution in [0.2, 0.25) is 0 Å². The number of carbonyl (C=O) groups excluding carboxylic acids is 2. The van der Waals surface area contributed by atoms with Crippen molar-refractivity contribution in [1.29, 1.82) is 0 Å². The van der Waals surface area contributed by atoms with Crippen molar-refractivity contribution in [1.82, 2.24) is 15.1 Å². The van der Waals surface area contributed by atoms with Gasteiger partial charge in [0.05, 0.1) is 19.1 Å². The number of nitrogens with zero attached hydrogens (tertiary/aromatic N) is 2. The van der Waals surface area contributed by atoms with Crippen LogP contribution in [0.3, 0.4) is 0 Å². The van der Waals surface area contributed by atoms with Crippen molar-refractivity contribution in [2.24, 2.45) is 11.8 Å². The molecule has 1 N–H and O–H groups in total. The molecule has 2 amide bonds. The van der Waals surface area contributed by atoms with Crippen molar-refractivity contribution in [3.8, 4) is 5.75 Å². The van der Waals surface area contributed by atoms with Crippen LogP contribution >= 0.6 is 11.3 Å². The summed E-state index contributed by atoms with van der Waals surface area (Å²) in [5.74, 6) is 1.12. The summed E-state index contributed by atoms with van der Waals surface area (Å²) in [5, 5.41) is 5.42. The van der Waals surface area contributed by atoms with Gasteiger partial charge in [0.1, 0.15) is 5.75 Å². The van der Waals surface area contributed by atoms with Gasteiger partial charge in [0, 0.05) is 43.0 Å². The largest absolute Gasteiger partial charge is 0.496 e. The van der Waals surface area contributed by atoms with Gasteiger partial charge in [0.15, 0.2) is 0 Å². The summed E-state index contributed by atoms with van der Waals surface area (Å²) in [4.78, 5) is 32.4. The maximum Gasteiger partial charge on any atom is 0.225 e. The molecule has 190 valence electrons. The first-order valence-electron chi connectivity index (χ1n) is 13.1. The van der Waals surface area contributed by atoms with Crippen LogP contribution in [0.1, 0.15) is 61.9 Å². The predicted molar refractivity (Wildman–Crippen MR) is 140 cm³/mol. The Morgan fingerprint density at radius 3 is 2.83 bits per heavy atom. The molecule has 2 aliphatic heterocycles. The Morgan fingerprint density at radius 2 is 2.06 bits per heavy atom. The average Bonchev–Trinajstić information content (AvgIpc) is 3.39. The molecule has 1 aromatic heterocycles. The number of piperidine rings is 2. The van der Waals surface area contributed by atoms with E-state index in [2.05, 4.69) is 34.7 Å². The number of hydrogen-bond donors (Lipinski definition) is 1. The van der Waals surface area contributed by atoms with Gasteiger partial charge in [-0.25, -0.2) is 0 Å². The zero-order chi connectivity index (χ0) is 24.6. The molecular formula is C28H39N3O3S. The number of benzene rings is 1. The van der Waals surface area contributed by atoms with E-state index in [0.717, 1.165) is 50.2 Å². The van der Waals surface area contributed by atoms with Crippen molar-refractivity contribution < 1.29 is 14.3 Å². The molecule has 0 aliphatic carbocycles. The third-order valence-corrected chi connectivity index (χ3v) is 8.24. The Morgan fingerprint density at radius 1 is 1.20 bits per heavy atom. The summed E-state index contributed by atoms with van der Waals surface area (Å²) in [7, 11) is 1.65. The minimum absolute atomic E-state index is 0.0604. The van der Waals surface area contributed by atoms with Crippen LogP contribution in [0.5, 0.6) is 5.75 Å². The van der Waals surface area contributed by atoms with Crippen molar-refractivity contribution in [3.63, 3.8) is 0 Å². The number of thiophene rings is 1. The lowest BCUT2D eigenvalue weighted by Gasteiger charge is -2.41. The summed E-state index contributed by atoms with van der Waals surface area (Å²) in [5.41, 5.74) is 0.930. The Balaban J connectivity index is 1.45. The monoisotopic (exact) mass is 497 g/mol. The molecule has 3 heterocycles. The van der Waals surface area contributed by atoms with Crippen LogP contribution in [-0.4, -0.2) is 54.9 Å². The lowest BCUT2D eigenvalue weighted by Crippen LogP contribution is -2.49. The second kappa shape index (κ2) is 12.5. The van der Waals surface area contributed by atoms with E-state index in [1.807, 2.05) is 40.5 Å². The molecule has 2 aliphatic rings. The Bertz CT molecular complexity index is 964. The van der Waals surface area contributed by atoms with E-state index < -0.39 is 0 Å². The van der Waals surface area contributed by atoms with Crippen molar-refractivity contribution >= 4 is 23.2 Å². The number of amides is 2. The van der Waals surface area contributed by atoms with Crippen LogP contribution in [-0.2, 0) is 16.1 Å². The SMILES string of the molecule is CCCCN1C(=O)CCC(C(=O)NCC2CCCN(Cc3cccs3)C2)C1c1ccccc1OC. The molecule has 0 spiro atoms. The zero-order valence-electron chi connectivity index (χ0n) is 21.1. The maximum absolute atomic E-state index is 13.6. The number of carbonyl (C=O) groups is 2. The van der Waals surface area contributed by atoms with Crippen LogP contribution in [0, 0.1) is 11.8 Å². The number of hydrogen-bond acceptors (Lipinski definition) is 5. The van der Waals surface area contributed by atoms with Crippen LogP contribution in [0.15, 0.2) is 41.8 Å². The van der Waals surface area contributed by atoms with Gasteiger partial charge in [0.2, 0.25) is 11.8 Å². The number of nitrogens with one attached hydrogen (secondary N) is 1. The van der Waals surface area contributed by atoms with Crippen LogP contribution in [0.4, 0.5) is 0 Å². The second-order valence-electron chi connectivity index (χ2n) is 9.84. The van der Waals surface area contributed by atoms with E-state index in [-0.39, 0.29) is 23.8 Å². The fourth-order valence-corrected chi connectivity index (χ4v) is 6.32. The topological polar surface area (TPSA) is 61.9 Å². The smallest absolute Gasteiger partial charge is 0.225 e. The van der Waals surface area contributed by atoms with E-state index in [0.29, 0.717) is 31.8 Å². The molecule has 7 heteroatoms. The van der Waals surface area contributed by atoms with Crippen molar-refractivity contribution in [2.75, 3.05) is 33.3 Å². The summed E-state index contributed by atoms with van der Waals surface area (Å²) >= 11 is 1.81. The molecule has 0 saturated carbocycles. The summed E-state index contributed by atoms with van der Waals surface area (Å²) in [6.07, 6.45) is 5.23. The van der Waals surface area contributed by atoms with Crippen LogP contribution < -0.4 is 10.1 Å². The highest BCUT2D eigenvalue weighted by molar-refractivity contribution is 7.09. The summed E-state index contributed by atoms with van der Waals surface area (Å²) in [6.45, 7) is 6.62. The van der Waals surface area contributed by atoms with Gasteiger partial charge < -0.3 is 15.0 Å². The molecule has 1 aromatic carbocycles. The standard InChI is InChI=1S/C28H39N3O3S/c1-3-4-16-31-26(32)14-13-24(27(31)23-11-5-6-12-25(23)34-2)28(33)29-18-21-9-7-15-30(19-21)20-22-10-8-17-35-22/h5-6,8,10-12,17,21,24,27H,3-4,7,9,13-16,18-20H2,1-2H3,(H,29,33). The van der Waals surface area contributed by atoms with Gasteiger partial charge in [-0.3, -0.25) is 14.5 Å². The van der Waals surface area contributed by atoms with Gasteiger partial charge in [-0.2, -0.15) is 0 Å². The third kappa shape index (κ3) is 6.44. The molecule has 35 heavy (non-hydrogen) atoms. The molecular weight excluding hydrogens is 458 g/mol. The highest BCUT2D eigenvalue weighted by atomic mass is 32.1. The van der Waals surface area contributed by atoms with Crippen LogP contribution in [0.25, 0.3) is 0 Å². The lowest BCUT2D eigenvalue weighted by atomic mass is 9.82. The van der Waals surface area contributed by atoms with Crippen molar-refractivity contribution in [3.05, 3.63) is 52.2 Å². The highest BCUT2D eigenvalue weighted by Crippen LogP contribution is 2.41. The minimum atomic E-state index is -0.291. The fourth-order valence-electron chi connectivity index (χ4n) is 5.58. The van der Waals surface area contributed by atoms with Crippen molar-refractivity contribution in [2.45, 2.75) is 58.0 Å². The molecule has 4 rings (SSSR count). The average molecular weight is 498 g/mol. The molecule has 2 fully saturated rings. The number of ether oxygens (including phenoxy) is 1. The number of rotatable bonds is 10. The fraction of sp³-hybridized carbons (Fsp3) is 0.571. The predicted octanol–water partition coefficient (Wildman–Crippen LogP) is 4.86. The van der Waals surface area contributed by atoms with E-state index in [1.165, 1.54) is 11.3 Å². The normalized spacial score (nSPS) is 23.3. The molecule has 6 nitrogen and oxygen atoms in total. The quantitative estimate of drug-likeness (QED) is 0.509. The summed E-state index contributed by atoms with van der Waals surface area (Å²) < 4.78 is 5.65. The first kappa shape index (κ1) is 25.7. The lowest BCUT2D eigenvalue weighted by molar-refractivity contribution is -0.143. The van der Waals surface area contributed by atoms with E-state index >= 15 is 0 Å². The number of likely N-dealkylation sites (tertiary alicyclic amines) is 2. The van der Waals surface area contributed by atoms with Gasteiger partial charge in [-0.1, -0.05) is 37.6 Å². The van der Waals surface area contributed by atoms with Gasteiger partial charge in [-0.05, 0) is 55.7 Å². The second-order valence-corrected chi connectivity index (χ2v) is 10.9. The van der Waals surface area contributed by atoms with E-state index in [1.54, 1.807) is 7.11 Å². The Kier molecular flexibility index (Phi) is 9.21. The molecule has 0 radical (unpaired) electrons. The summed E-state index contributed by atoms with van der Waals surface area (Å²) in [6, 6.07) is 11.8. The first-order valence-corrected chi connectivity index (χ1v) is 13.9. The molecule has 2 saturated heterocycles. The number of para-hydroxylation sites is 1. The highest BCUT2D eigenvalue weighted by Gasteiger charge is 2.41. The molecule has 3 unspecified atom stereocenters. The van der Waals surface area contributed by atoms with E-state index in [4.69, 9.17) is 4.74 Å².